The first-order chi connectivity index (χ1) is 13.5. The van der Waals surface area contributed by atoms with E-state index in [-0.39, 0.29) is 5.97 Å². The van der Waals surface area contributed by atoms with Gasteiger partial charge in [0.15, 0.2) is 0 Å². The van der Waals surface area contributed by atoms with Gasteiger partial charge >= 0.3 is 5.97 Å². The Balaban J connectivity index is 1.76. The maximum atomic E-state index is 12.7. The van der Waals surface area contributed by atoms with Crippen LogP contribution < -0.4 is 4.74 Å². The molecule has 1 aliphatic rings. The lowest BCUT2D eigenvalue weighted by Gasteiger charge is -2.29. The highest BCUT2D eigenvalue weighted by Gasteiger charge is 2.37. The van der Waals surface area contributed by atoms with Crippen LogP contribution in [0.15, 0.2) is 48.5 Å². The van der Waals surface area contributed by atoms with Crippen LogP contribution in [0.2, 0.25) is 5.02 Å². The Bertz CT molecular complexity index is 769. The fourth-order valence-electron chi connectivity index (χ4n) is 3.52. The summed E-state index contributed by atoms with van der Waals surface area (Å²) in [6.07, 6.45) is 2.86. The minimum absolute atomic E-state index is 0.316. The molecule has 0 bridgehead atoms. The summed E-state index contributed by atoms with van der Waals surface area (Å²) in [4.78, 5) is 12.7. The van der Waals surface area contributed by atoms with E-state index in [1.807, 2.05) is 48.2 Å². The number of benzene rings is 2. The van der Waals surface area contributed by atoms with Crippen LogP contribution in [-0.4, -0.2) is 29.7 Å². The topological polar surface area (TPSA) is 35.5 Å². The van der Waals surface area contributed by atoms with Crippen molar-refractivity contribution in [3.63, 3.8) is 0 Å². The molecule has 1 fully saturated rings. The number of carbonyl (C=O) groups excluding carboxylic acids is 1. The number of hydrogen-bond donors (Lipinski definition) is 0. The maximum absolute atomic E-state index is 12.7. The summed E-state index contributed by atoms with van der Waals surface area (Å²) in [7, 11) is 0. The van der Waals surface area contributed by atoms with Crippen molar-refractivity contribution < 1.29 is 14.3 Å². The van der Waals surface area contributed by atoms with Crippen LogP contribution in [0.5, 0.6) is 5.75 Å². The van der Waals surface area contributed by atoms with E-state index in [9.17, 15) is 4.79 Å². The van der Waals surface area contributed by atoms with E-state index >= 15 is 0 Å². The predicted molar refractivity (Wildman–Crippen MR) is 117 cm³/mol. The highest BCUT2D eigenvalue weighted by molar-refractivity contribution is 7.99. The average molecular weight is 419 g/mol. The highest BCUT2D eigenvalue weighted by Crippen LogP contribution is 2.33. The zero-order chi connectivity index (χ0) is 20.0. The van der Waals surface area contributed by atoms with Crippen LogP contribution in [0.3, 0.4) is 0 Å². The molecule has 0 aliphatic carbocycles. The summed E-state index contributed by atoms with van der Waals surface area (Å²) in [6.45, 7) is 3.90. The molecule has 2 aromatic carbocycles. The van der Waals surface area contributed by atoms with Crippen molar-refractivity contribution in [1.82, 2.24) is 0 Å². The van der Waals surface area contributed by atoms with Crippen LogP contribution in [0.25, 0.3) is 0 Å². The Morgan fingerprint density at radius 2 is 1.75 bits per heavy atom. The zero-order valence-corrected chi connectivity index (χ0v) is 18.0. The number of halogens is 1. The average Bonchev–Trinajstić information content (AvgIpc) is 2.71. The van der Waals surface area contributed by atoms with Gasteiger partial charge in [-0.25, -0.2) is 4.79 Å². The first kappa shape index (κ1) is 21.1. The van der Waals surface area contributed by atoms with Gasteiger partial charge in [0.2, 0.25) is 5.60 Å². The van der Waals surface area contributed by atoms with Crippen molar-refractivity contribution in [2.24, 2.45) is 0 Å². The fraction of sp³-hybridized carbons (Fsp3) is 0.435. The van der Waals surface area contributed by atoms with Crippen molar-refractivity contribution in [3.8, 4) is 5.75 Å². The molecule has 0 amide bonds. The molecule has 28 heavy (non-hydrogen) atoms. The van der Waals surface area contributed by atoms with Crippen LogP contribution >= 0.6 is 23.4 Å². The van der Waals surface area contributed by atoms with E-state index in [0.29, 0.717) is 29.7 Å². The molecular formula is C23H27ClO3S. The van der Waals surface area contributed by atoms with Crippen LogP contribution in [0.1, 0.15) is 43.7 Å². The van der Waals surface area contributed by atoms with Crippen molar-refractivity contribution in [1.29, 1.82) is 0 Å². The summed E-state index contributed by atoms with van der Waals surface area (Å²) in [6, 6.07) is 15.7. The van der Waals surface area contributed by atoms with Gasteiger partial charge in [0.25, 0.3) is 0 Å². The first-order valence-corrected chi connectivity index (χ1v) is 11.3. The Morgan fingerprint density at radius 1 is 1.11 bits per heavy atom. The lowest BCUT2D eigenvalue weighted by Crippen LogP contribution is -2.45. The molecule has 5 heteroatoms. The third-order valence-corrected chi connectivity index (χ3v) is 6.38. The van der Waals surface area contributed by atoms with E-state index in [4.69, 9.17) is 21.1 Å². The molecule has 3 nitrogen and oxygen atoms in total. The second kappa shape index (κ2) is 9.71. The Labute approximate surface area is 176 Å². The minimum atomic E-state index is -1.10. The van der Waals surface area contributed by atoms with Gasteiger partial charge in [0.1, 0.15) is 5.75 Å². The molecule has 150 valence electrons. The van der Waals surface area contributed by atoms with Crippen molar-refractivity contribution in [3.05, 3.63) is 64.7 Å². The van der Waals surface area contributed by atoms with E-state index < -0.39 is 5.60 Å². The molecule has 1 unspecified atom stereocenters. The molecule has 3 rings (SSSR count). The molecular weight excluding hydrogens is 392 g/mol. The number of ether oxygens (including phenoxy) is 2. The summed E-state index contributed by atoms with van der Waals surface area (Å²) in [5, 5.41) is 0.666. The molecule has 0 radical (unpaired) electrons. The normalized spacial score (nSPS) is 17.0. The molecule has 0 N–H and O–H groups in total. The molecule has 1 atom stereocenters. The van der Waals surface area contributed by atoms with Gasteiger partial charge in [-0.2, -0.15) is 11.8 Å². The van der Waals surface area contributed by atoms with Gasteiger partial charge < -0.3 is 9.47 Å². The number of hydrogen-bond acceptors (Lipinski definition) is 4. The lowest BCUT2D eigenvalue weighted by atomic mass is 9.93. The molecule has 1 saturated heterocycles. The second-order valence-electron chi connectivity index (χ2n) is 7.31. The highest BCUT2D eigenvalue weighted by atomic mass is 35.5. The summed E-state index contributed by atoms with van der Waals surface area (Å²) < 4.78 is 11.5. The van der Waals surface area contributed by atoms with E-state index in [1.54, 1.807) is 13.8 Å². The van der Waals surface area contributed by atoms with Gasteiger partial charge in [-0.05, 0) is 79.5 Å². The first-order valence-electron chi connectivity index (χ1n) is 9.78. The molecule has 2 aromatic rings. The summed E-state index contributed by atoms with van der Waals surface area (Å²) in [5.41, 5.74) is 1.21. The molecule has 0 saturated carbocycles. The number of rotatable bonds is 7. The standard InChI is InChI=1S/C23H27ClO3S/c1-3-26-22(25)23(2,16-17-4-8-20(24)9-5-17)27-21-10-6-18(7-11-21)19-12-14-28-15-13-19/h4-11,19H,3,12-16H2,1-2H3. The molecule has 1 aliphatic heterocycles. The zero-order valence-electron chi connectivity index (χ0n) is 16.4. The van der Waals surface area contributed by atoms with Gasteiger partial charge in [-0.3, -0.25) is 0 Å². The van der Waals surface area contributed by atoms with E-state index in [0.717, 1.165) is 5.56 Å². The second-order valence-corrected chi connectivity index (χ2v) is 8.97. The van der Waals surface area contributed by atoms with Gasteiger partial charge in [-0.15, -0.1) is 0 Å². The number of carbonyl (C=O) groups is 1. The van der Waals surface area contributed by atoms with Gasteiger partial charge in [0, 0.05) is 11.4 Å². The van der Waals surface area contributed by atoms with Crippen molar-refractivity contribution in [2.75, 3.05) is 18.1 Å². The summed E-state index contributed by atoms with van der Waals surface area (Å²) in [5.74, 6) is 3.40. The lowest BCUT2D eigenvalue weighted by molar-refractivity contribution is -0.160. The fourth-order valence-corrected chi connectivity index (χ4v) is 4.76. The maximum Gasteiger partial charge on any atom is 0.350 e. The smallest absolute Gasteiger partial charge is 0.350 e. The Kier molecular flexibility index (Phi) is 7.30. The van der Waals surface area contributed by atoms with E-state index in [2.05, 4.69) is 12.1 Å². The van der Waals surface area contributed by atoms with Crippen molar-refractivity contribution >= 4 is 29.3 Å². The van der Waals surface area contributed by atoms with Gasteiger partial charge in [-0.1, -0.05) is 35.9 Å². The predicted octanol–water partition coefficient (Wildman–Crippen LogP) is 5.89. The van der Waals surface area contributed by atoms with Crippen molar-refractivity contribution in [2.45, 2.75) is 44.6 Å². The number of thioether (sulfide) groups is 1. The molecule has 1 heterocycles. The van der Waals surface area contributed by atoms with E-state index in [1.165, 1.54) is 29.9 Å². The Hall–Kier alpha value is -1.65. The molecule has 0 spiro atoms. The number of esters is 1. The van der Waals surface area contributed by atoms with Crippen LogP contribution in [0, 0.1) is 0 Å². The van der Waals surface area contributed by atoms with Crippen LogP contribution in [-0.2, 0) is 16.0 Å². The minimum Gasteiger partial charge on any atom is -0.476 e. The monoisotopic (exact) mass is 418 g/mol. The quantitative estimate of drug-likeness (QED) is 0.525. The third kappa shape index (κ3) is 5.45. The largest absolute Gasteiger partial charge is 0.476 e. The third-order valence-electron chi connectivity index (χ3n) is 5.08. The van der Waals surface area contributed by atoms with Crippen LogP contribution in [0.4, 0.5) is 0 Å². The SMILES string of the molecule is CCOC(=O)C(C)(Cc1ccc(Cl)cc1)Oc1ccc(C2CCSCC2)cc1. The Morgan fingerprint density at radius 3 is 2.36 bits per heavy atom. The van der Waals surface area contributed by atoms with Gasteiger partial charge in [0.05, 0.1) is 6.61 Å². The summed E-state index contributed by atoms with van der Waals surface area (Å²) >= 11 is 8.01. The molecule has 0 aromatic heterocycles.